The maximum absolute atomic E-state index is 6.25. The molecule has 0 fully saturated rings. The second-order valence-corrected chi connectivity index (χ2v) is 10.7. The number of rotatable bonds is 6. The fraction of sp³-hybridized carbons (Fsp3) is 0. The van der Waals surface area contributed by atoms with E-state index < -0.39 is 0 Å². The summed E-state index contributed by atoms with van der Waals surface area (Å²) in [5.74, 6) is 1.87. The predicted molar refractivity (Wildman–Crippen MR) is 177 cm³/mol. The molecule has 0 saturated carbocycles. The minimum absolute atomic E-state index is 0.618. The Bertz CT molecular complexity index is 1920. The van der Waals surface area contributed by atoms with Gasteiger partial charge in [0.1, 0.15) is 0 Å². The lowest BCUT2D eigenvalue weighted by molar-refractivity contribution is 1.07. The molecule has 0 aliphatic carbocycles. The highest BCUT2D eigenvalue weighted by molar-refractivity contribution is 6.30. The Kier molecular flexibility index (Phi) is 7.31. The van der Waals surface area contributed by atoms with Gasteiger partial charge in [0.05, 0.1) is 0 Å². The van der Waals surface area contributed by atoms with E-state index in [1.165, 1.54) is 0 Å². The van der Waals surface area contributed by atoms with Crippen LogP contribution in [0.1, 0.15) is 0 Å². The Morgan fingerprint density at radius 2 is 0.628 bits per heavy atom. The van der Waals surface area contributed by atoms with Gasteiger partial charge in [0, 0.05) is 21.7 Å². The van der Waals surface area contributed by atoms with Gasteiger partial charge in [-0.05, 0) is 57.6 Å². The number of halogens is 1. The molecule has 7 rings (SSSR count). The van der Waals surface area contributed by atoms with Crippen molar-refractivity contribution >= 4 is 11.6 Å². The lowest BCUT2D eigenvalue weighted by atomic mass is 10.0. The molecule has 6 aromatic carbocycles. The van der Waals surface area contributed by atoms with Gasteiger partial charge in [0.2, 0.25) is 0 Å². The topological polar surface area (TPSA) is 38.7 Å². The summed E-state index contributed by atoms with van der Waals surface area (Å²) in [7, 11) is 0. The summed E-state index contributed by atoms with van der Waals surface area (Å²) < 4.78 is 0. The third kappa shape index (κ3) is 5.85. The van der Waals surface area contributed by atoms with Crippen LogP contribution in [-0.4, -0.2) is 15.0 Å². The van der Waals surface area contributed by atoms with Crippen LogP contribution in [0, 0.1) is 0 Å². The molecule has 0 aliphatic heterocycles. The van der Waals surface area contributed by atoms with E-state index in [1.807, 2.05) is 54.6 Å². The van der Waals surface area contributed by atoms with E-state index in [0.29, 0.717) is 22.5 Å². The van der Waals surface area contributed by atoms with Crippen molar-refractivity contribution in [3.05, 3.63) is 163 Å². The van der Waals surface area contributed by atoms with E-state index in [2.05, 4.69) is 103 Å². The van der Waals surface area contributed by atoms with E-state index >= 15 is 0 Å². The van der Waals surface area contributed by atoms with Gasteiger partial charge in [0.25, 0.3) is 0 Å². The monoisotopic (exact) mass is 571 g/mol. The maximum atomic E-state index is 6.25. The summed E-state index contributed by atoms with van der Waals surface area (Å²) in [5, 5.41) is 0.712. The van der Waals surface area contributed by atoms with Crippen LogP contribution >= 0.6 is 11.6 Å². The average molecular weight is 572 g/mol. The molecule has 43 heavy (non-hydrogen) atoms. The molecule has 3 nitrogen and oxygen atoms in total. The van der Waals surface area contributed by atoms with Crippen molar-refractivity contribution in [3.63, 3.8) is 0 Å². The van der Waals surface area contributed by atoms with Gasteiger partial charge in [-0.3, -0.25) is 0 Å². The van der Waals surface area contributed by atoms with E-state index in [9.17, 15) is 0 Å². The summed E-state index contributed by atoms with van der Waals surface area (Å²) in [4.78, 5) is 15.0. The third-order valence-electron chi connectivity index (χ3n) is 7.39. The molecular weight excluding hydrogens is 546 g/mol. The quantitative estimate of drug-likeness (QED) is 0.199. The summed E-state index contributed by atoms with van der Waals surface area (Å²) >= 11 is 6.25. The van der Waals surface area contributed by atoms with Crippen LogP contribution in [0.5, 0.6) is 0 Å². The second-order valence-electron chi connectivity index (χ2n) is 10.3. The molecule has 0 aliphatic rings. The second kappa shape index (κ2) is 11.8. The highest BCUT2D eigenvalue weighted by Gasteiger charge is 2.14. The zero-order valence-electron chi connectivity index (χ0n) is 23.2. The molecular formula is C39H26ClN3. The van der Waals surface area contributed by atoms with Crippen LogP contribution < -0.4 is 0 Å². The number of benzene rings is 6. The molecule has 0 spiro atoms. The molecule has 7 aromatic rings. The van der Waals surface area contributed by atoms with E-state index in [-0.39, 0.29) is 0 Å². The van der Waals surface area contributed by atoms with Crippen molar-refractivity contribution in [3.8, 4) is 67.5 Å². The van der Waals surface area contributed by atoms with Crippen LogP contribution in [-0.2, 0) is 0 Å². The van der Waals surface area contributed by atoms with Gasteiger partial charge in [-0.25, -0.2) is 15.0 Å². The number of aromatic nitrogens is 3. The molecule has 1 heterocycles. The molecule has 204 valence electrons. The fourth-order valence-electron chi connectivity index (χ4n) is 5.18. The summed E-state index contributed by atoms with van der Waals surface area (Å²) in [5.41, 5.74) is 9.42. The minimum Gasteiger partial charge on any atom is -0.208 e. The van der Waals surface area contributed by atoms with Crippen LogP contribution in [0.25, 0.3) is 67.5 Å². The zero-order chi connectivity index (χ0) is 29.0. The normalized spacial score (nSPS) is 10.9. The van der Waals surface area contributed by atoms with Crippen molar-refractivity contribution < 1.29 is 0 Å². The van der Waals surface area contributed by atoms with Crippen molar-refractivity contribution in [1.29, 1.82) is 0 Å². The van der Waals surface area contributed by atoms with Gasteiger partial charge in [-0.2, -0.15) is 0 Å². The van der Waals surface area contributed by atoms with E-state index in [0.717, 1.165) is 50.1 Å². The first-order valence-electron chi connectivity index (χ1n) is 14.1. The lowest BCUT2D eigenvalue weighted by Crippen LogP contribution is -2.00. The Morgan fingerprint density at radius 1 is 0.279 bits per heavy atom. The molecule has 0 atom stereocenters. The summed E-state index contributed by atoms with van der Waals surface area (Å²) in [6.07, 6.45) is 0. The maximum Gasteiger partial charge on any atom is 0.164 e. The molecule has 0 N–H and O–H groups in total. The first-order valence-corrected chi connectivity index (χ1v) is 14.5. The van der Waals surface area contributed by atoms with E-state index in [1.54, 1.807) is 0 Å². The molecule has 0 bridgehead atoms. The first kappa shape index (κ1) is 26.5. The lowest BCUT2D eigenvalue weighted by Gasteiger charge is -2.11. The standard InChI is InChI=1S/C39H26ClN3/c40-36-19-9-16-33(26-36)29-20-22-30(23-21-29)37-41-38(34-17-7-14-31(24-34)27-10-3-1-4-11-27)43-39(42-37)35-18-8-15-32(25-35)28-12-5-2-6-13-28/h1-26H. The van der Waals surface area contributed by atoms with Crippen LogP contribution in [0.2, 0.25) is 5.02 Å². The zero-order valence-corrected chi connectivity index (χ0v) is 24.0. The van der Waals surface area contributed by atoms with Crippen molar-refractivity contribution in [1.82, 2.24) is 15.0 Å². The summed E-state index contributed by atoms with van der Waals surface area (Å²) in [6.45, 7) is 0. The third-order valence-corrected chi connectivity index (χ3v) is 7.63. The molecule has 1 aromatic heterocycles. The van der Waals surface area contributed by atoms with Crippen molar-refractivity contribution in [2.24, 2.45) is 0 Å². The molecule has 0 amide bonds. The smallest absolute Gasteiger partial charge is 0.164 e. The average Bonchev–Trinajstić information content (AvgIpc) is 3.09. The number of hydrogen-bond acceptors (Lipinski definition) is 3. The molecule has 0 unspecified atom stereocenters. The van der Waals surface area contributed by atoms with Gasteiger partial charge >= 0.3 is 0 Å². The van der Waals surface area contributed by atoms with Crippen LogP contribution in [0.4, 0.5) is 0 Å². The highest BCUT2D eigenvalue weighted by atomic mass is 35.5. The van der Waals surface area contributed by atoms with Gasteiger partial charge in [-0.15, -0.1) is 0 Å². The minimum atomic E-state index is 0.618. The molecule has 4 heteroatoms. The van der Waals surface area contributed by atoms with Gasteiger partial charge in [-0.1, -0.05) is 145 Å². The number of nitrogens with zero attached hydrogens (tertiary/aromatic N) is 3. The molecule has 0 radical (unpaired) electrons. The predicted octanol–water partition coefficient (Wildman–Crippen LogP) is 10.5. The Hall–Kier alpha value is -5.38. The van der Waals surface area contributed by atoms with Crippen LogP contribution in [0.3, 0.4) is 0 Å². The van der Waals surface area contributed by atoms with Crippen molar-refractivity contribution in [2.45, 2.75) is 0 Å². The first-order chi connectivity index (χ1) is 21.2. The van der Waals surface area contributed by atoms with Gasteiger partial charge in [0.15, 0.2) is 17.5 Å². The summed E-state index contributed by atoms with van der Waals surface area (Å²) in [6, 6.07) is 53.5. The molecule has 0 saturated heterocycles. The van der Waals surface area contributed by atoms with Gasteiger partial charge < -0.3 is 0 Å². The Morgan fingerprint density at radius 3 is 1.12 bits per heavy atom. The highest BCUT2D eigenvalue weighted by Crippen LogP contribution is 2.31. The van der Waals surface area contributed by atoms with E-state index in [4.69, 9.17) is 26.6 Å². The SMILES string of the molecule is Clc1cccc(-c2ccc(-c3nc(-c4cccc(-c5ccccc5)c4)nc(-c4cccc(-c5ccccc5)c4)n3)cc2)c1. The van der Waals surface area contributed by atoms with Crippen molar-refractivity contribution in [2.75, 3.05) is 0 Å². The van der Waals surface area contributed by atoms with Crippen LogP contribution in [0.15, 0.2) is 158 Å². The Labute approximate surface area is 256 Å². The largest absolute Gasteiger partial charge is 0.208 e. The number of hydrogen-bond donors (Lipinski definition) is 0. The fourth-order valence-corrected chi connectivity index (χ4v) is 5.37. The Balaban J connectivity index is 1.34.